The van der Waals surface area contributed by atoms with Gasteiger partial charge in [0.25, 0.3) is 0 Å². The second-order valence-electron chi connectivity index (χ2n) is 6.84. The highest BCUT2D eigenvalue weighted by Crippen LogP contribution is 2.48. The first-order valence-corrected chi connectivity index (χ1v) is 8.45. The number of carbonyl (C=O) groups is 2. The molecule has 21 heavy (non-hydrogen) atoms. The molecular weight excluding hydrogens is 266 g/mol. The van der Waals surface area contributed by atoms with Crippen LogP contribution in [0, 0.1) is 17.8 Å². The number of nitrogens with zero attached hydrogens (tertiary/aromatic N) is 2. The van der Waals surface area contributed by atoms with Crippen molar-refractivity contribution in [2.75, 3.05) is 39.3 Å². The van der Waals surface area contributed by atoms with Gasteiger partial charge < -0.3 is 10.2 Å². The maximum Gasteiger partial charge on any atom is 0.234 e. The zero-order chi connectivity index (χ0) is 14.8. The molecule has 0 spiro atoms. The first kappa shape index (κ1) is 14.8. The molecule has 0 aromatic heterocycles. The van der Waals surface area contributed by atoms with Gasteiger partial charge in [0.1, 0.15) is 0 Å². The molecule has 118 valence electrons. The van der Waals surface area contributed by atoms with Crippen LogP contribution >= 0.6 is 0 Å². The average Bonchev–Trinajstić information content (AvgIpc) is 3.10. The number of amides is 2. The molecule has 1 saturated heterocycles. The van der Waals surface area contributed by atoms with Crippen molar-refractivity contribution in [1.82, 2.24) is 15.1 Å². The van der Waals surface area contributed by atoms with Gasteiger partial charge in [-0.2, -0.15) is 0 Å². The minimum absolute atomic E-state index is 0.0883. The van der Waals surface area contributed by atoms with Gasteiger partial charge in [-0.1, -0.05) is 6.42 Å². The van der Waals surface area contributed by atoms with E-state index >= 15 is 0 Å². The fourth-order valence-electron chi connectivity index (χ4n) is 4.36. The molecule has 3 fully saturated rings. The number of likely N-dealkylation sites (N-methyl/N-ethyl adjacent to an activating group) is 1. The summed E-state index contributed by atoms with van der Waals surface area (Å²) in [5.74, 6) is 2.27. The van der Waals surface area contributed by atoms with Gasteiger partial charge in [0.2, 0.25) is 11.8 Å². The summed E-state index contributed by atoms with van der Waals surface area (Å²) in [6.07, 6.45) is 5.02. The molecule has 3 atom stereocenters. The number of rotatable bonds is 4. The molecule has 2 amide bonds. The Kier molecular flexibility index (Phi) is 4.48. The Balaban J connectivity index is 1.45. The molecule has 0 aromatic rings. The maximum absolute atomic E-state index is 12.6. The van der Waals surface area contributed by atoms with Gasteiger partial charge in [0.05, 0.1) is 6.54 Å². The van der Waals surface area contributed by atoms with E-state index < -0.39 is 0 Å². The predicted octanol–water partition coefficient (Wildman–Crippen LogP) is 0.703. The van der Waals surface area contributed by atoms with E-state index in [4.69, 9.17) is 0 Å². The summed E-state index contributed by atoms with van der Waals surface area (Å²) < 4.78 is 0. The summed E-state index contributed by atoms with van der Waals surface area (Å²) in [5, 5.41) is 2.83. The van der Waals surface area contributed by atoms with Gasteiger partial charge in [-0.05, 0) is 38.0 Å². The first-order valence-electron chi connectivity index (χ1n) is 8.45. The third-order valence-electron chi connectivity index (χ3n) is 5.48. The molecule has 1 aliphatic heterocycles. The Hall–Kier alpha value is -1.10. The van der Waals surface area contributed by atoms with E-state index in [-0.39, 0.29) is 5.91 Å². The van der Waals surface area contributed by atoms with Gasteiger partial charge in [-0.25, -0.2) is 0 Å². The molecule has 1 heterocycles. The van der Waals surface area contributed by atoms with Crippen molar-refractivity contribution in [3.8, 4) is 0 Å². The number of hydrogen-bond acceptors (Lipinski definition) is 3. The largest absolute Gasteiger partial charge is 0.355 e. The Morgan fingerprint density at radius 2 is 1.86 bits per heavy atom. The number of piperazine rings is 1. The second kappa shape index (κ2) is 6.34. The van der Waals surface area contributed by atoms with Crippen LogP contribution in [0.1, 0.15) is 32.6 Å². The molecule has 3 aliphatic rings. The van der Waals surface area contributed by atoms with Crippen LogP contribution in [0.3, 0.4) is 0 Å². The van der Waals surface area contributed by atoms with E-state index in [1.165, 1.54) is 19.3 Å². The van der Waals surface area contributed by atoms with Gasteiger partial charge >= 0.3 is 0 Å². The van der Waals surface area contributed by atoms with Crippen LogP contribution in [0.4, 0.5) is 0 Å². The lowest BCUT2D eigenvalue weighted by atomic mass is 9.87. The van der Waals surface area contributed by atoms with E-state index in [1.807, 2.05) is 11.8 Å². The van der Waals surface area contributed by atoms with Gasteiger partial charge in [0.15, 0.2) is 0 Å². The number of nitrogens with one attached hydrogen (secondary N) is 1. The van der Waals surface area contributed by atoms with Crippen LogP contribution in [0.5, 0.6) is 0 Å². The predicted molar refractivity (Wildman–Crippen MR) is 80.6 cm³/mol. The summed E-state index contributed by atoms with van der Waals surface area (Å²) >= 11 is 0. The summed E-state index contributed by atoms with van der Waals surface area (Å²) in [4.78, 5) is 28.4. The quantitative estimate of drug-likeness (QED) is 0.830. The summed E-state index contributed by atoms with van der Waals surface area (Å²) in [6.45, 7) is 6.29. The number of fused-ring (bicyclic) bond motifs is 2. The van der Waals surface area contributed by atoms with Gasteiger partial charge in [-0.3, -0.25) is 14.5 Å². The molecule has 2 aliphatic carbocycles. The van der Waals surface area contributed by atoms with Crippen LogP contribution in [-0.4, -0.2) is 60.9 Å². The molecule has 2 saturated carbocycles. The van der Waals surface area contributed by atoms with E-state index in [9.17, 15) is 9.59 Å². The highest BCUT2D eigenvalue weighted by molar-refractivity contribution is 5.80. The molecule has 3 unspecified atom stereocenters. The van der Waals surface area contributed by atoms with E-state index in [1.54, 1.807) is 0 Å². The Morgan fingerprint density at radius 3 is 2.43 bits per heavy atom. The normalized spacial score (nSPS) is 32.4. The summed E-state index contributed by atoms with van der Waals surface area (Å²) in [5.41, 5.74) is 0. The SMILES string of the molecule is CCNC(=O)CN1CCN(C(=O)C2CC3CCC2C3)CC1. The lowest BCUT2D eigenvalue weighted by Gasteiger charge is -2.37. The minimum Gasteiger partial charge on any atom is -0.355 e. The topological polar surface area (TPSA) is 52.7 Å². The standard InChI is InChI=1S/C16H27N3O2/c1-2-17-15(20)11-18-5-7-19(8-6-18)16(21)14-10-12-3-4-13(14)9-12/h12-14H,2-11H2,1H3,(H,17,20). The highest BCUT2D eigenvalue weighted by Gasteiger charge is 2.44. The lowest BCUT2D eigenvalue weighted by Crippen LogP contribution is -2.52. The van der Waals surface area contributed by atoms with Crippen molar-refractivity contribution in [3.63, 3.8) is 0 Å². The van der Waals surface area contributed by atoms with Crippen molar-refractivity contribution in [2.45, 2.75) is 32.6 Å². The zero-order valence-corrected chi connectivity index (χ0v) is 13.0. The van der Waals surface area contributed by atoms with Crippen LogP contribution in [0.2, 0.25) is 0 Å². The molecule has 0 aromatic carbocycles. The van der Waals surface area contributed by atoms with Crippen molar-refractivity contribution in [3.05, 3.63) is 0 Å². The lowest BCUT2D eigenvalue weighted by molar-refractivity contribution is -0.139. The third-order valence-corrected chi connectivity index (χ3v) is 5.48. The zero-order valence-electron chi connectivity index (χ0n) is 13.0. The Labute approximate surface area is 127 Å². The van der Waals surface area contributed by atoms with Crippen LogP contribution in [0.25, 0.3) is 0 Å². The molecule has 2 bridgehead atoms. The molecule has 1 N–H and O–H groups in total. The summed E-state index contributed by atoms with van der Waals surface area (Å²) in [7, 11) is 0. The fraction of sp³-hybridized carbons (Fsp3) is 0.875. The Bertz CT molecular complexity index is 404. The van der Waals surface area contributed by atoms with E-state index in [2.05, 4.69) is 10.2 Å². The van der Waals surface area contributed by atoms with Crippen molar-refractivity contribution < 1.29 is 9.59 Å². The van der Waals surface area contributed by atoms with Crippen molar-refractivity contribution >= 4 is 11.8 Å². The molecule has 5 nitrogen and oxygen atoms in total. The van der Waals surface area contributed by atoms with Gasteiger partial charge in [0, 0.05) is 38.6 Å². The summed E-state index contributed by atoms with van der Waals surface area (Å²) in [6, 6.07) is 0. The average molecular weight is 293 g/mol. The molecule has 5 heteroatoms. The van der Waals surface area contributed by atoms with E-state index in [0.29, 0.717) is 30.8 Å². The van der Waals surface area contributed by atoms with Crippen LogP contribution in [0.15, 0.2) is 0 Å². The Morgan fingerprint density at radius 1 is 1.10 bits per heavy atom. The third kappa shape index (κ3) is 3.23. The molecular formula is C16H27N3O2. The van der Waals surface area contributed by atoms with Crippen LogP contribution < -0.4 is 5.32 Å². The molecule has 0 radical (unpaired) electrons. The second-order valence-corrected chi connectivity index (χ2v) is 6.84. The number of hydrogen-bond donors (Lipinski definition) is 1. The van der Waals surface area contributed by atoms with Crippen molar-refractivity contribution in [1.29, 1.82) is 0 Å². The fourth-order valence-corrected chi connectivity index (χ4v) is 4.36. The monoisotopic (exact) mass is 293 g/mol. The number of carbonyl (C=O) groups excluding carboxylic acids is 2. The van der Waals surface area contributed by atoms with Gasteiger partial charge in [-0.15, -0.1) is 0 Å². The maximum atomic E-state index is 12.6. The smallest absolute Gasteiger partial charge is 0.234 e. The van der Waals surface area contributed by atoms with E-state index in [0.717, 1.165) is 38.5 Å². The first-order chi connectivity index (χ1) is 10.2. The van der Waals surface area contributed by atoms with Crippen LogP contribution in [-0.2, 0) is 9.59 Å². The molecule has 3 rings (SSSR count). The highest BCUT2D eigenvalue weighted by atomic mass is 16.2. The minimum atomic E-state index is 0.0883. The van der Waals surface area contributed by atoms with Crippen molar-refractivity contribution in [2.24, 2.45) is 17.8 Å².